The Bertz CT molecular complexity index is 620. The van der Waals surface area contributed by atoms with E-state index in [1.54, 1.807) is 24.3 Å². The van der Waals surface area contributed by atoms with E-state index in [9.17, 15) is 4.79 Å². The SMILES string of the molecule is CCOC(OCC)[C@@H]1OC(C)(C)OC[C@H]1NC(=S)NC(=O)c1ccccc1. The number of thiocarbonyl (C=S) groups is 1. The molecule has 8 heteroatoms. The molecule has 1 fully saturated rings. The number of carbonyl (C=O) groups is 1. The molecule has 1 aliphatic heterocycles. The molecule has 0 saturated carbocycles. The lowest BCUT2D eigenvalue weighted by atomic mass is 10.1. The lowest BCUT2D eigenvalue weighted by molar-refractivity contribution is -0.328. The second kappa shape index (κ2) is 10.1. The van der Waals surface area contributed by atoms with Crippen molar-refractivity contribution in [1.29, 1.82) is 0 Å². The Morgan fingerprint density at radius 3 is 2.48 bits per heavy atom. The summed E-state index contributed by atoms with van der Waals surface area (Å²) in [5.74, 6) is -1.06. The van der Waals surface area contributed by atoms with Gasteiger partial charge in [0.05, 0.1) is 12.6 Å². The first-order valence-corrected chi connectivity index (χ1v) is 9.49. The molecule has 0 aliphatic carbocycles. The Labute approximate surface area is 165 Å². The van der Waals surface area contributed by atoms with Crippen LogP contribution in [0.25, 0.3) is 0 Å². The van der Waals surface area contributed by atoms with Crippen molar-refractivity contribution in [3.63, 3.8) is 0 Å². The molecule has 1 saturated heterocycles. The molecule has 0 unspecified atom stereocenters. The van der Waals surface area contributed by atoms with Crippen LogP contribution in [0.4, 0.5) is 0 Å². The third-order valence-electron chi connectivity index (χ3n) is 3.94. The maximum atomic E-state index is 12.3. The van der Waals surface area contributed by atoms with Crippen LogP contribution in [0.15, 0.2) is 30.3 Å². The van der Waals surface area contributed by atoms with E-state index in [4.69, 9.17) is 31.2 Å². The molecule has 0 aromatic heterocycles. The van der Waals surface area contributed by atoms with Gasteiger partial charge in [-0.05, 0) is 52.0 Å². The summed E-state index contributed by atoms with van der Waals surface area (Å²) < 4.78 is 23.2. The molecular weight excluding hydrogens is 368 g/mol. The lowest BCUT2D eigenvalue weighted by Gasteiger charge is -2.43. The molecule has 0 radical (unpaired) electrons. The Balaban J connectivity index is 2.04. The minimum absolute atomic E-state index is 0.192. The van der Waals surface area contributed by atoms with Crippen molar-refractivity contribution in [2.24, 2.45) is 0 Å². The number of hydrogen-bond donors (Lipinski definition) is 2. The fourth-order valence-electron chi connectivity index (χ4n) is 2.73. The molecule has 1 amide bonds. The van der Waals surface area contributed by atoms with Gasteiger partial charge in [0.15, 0.2) is 17.2 Å². The van der Waals surface area contributed by atoms with Crippen LogP contribution in [0.1, 0.15) is 38.1 Å². The third-order valence-corrected chi connectivity index (χ3v) is 4.16. The zero-order valence-corrected chi connectivity index (χ0v) is 17.0. The molecule has 2 rings (SSSR count). The van der Waals surface area contributed by atoms with Crippen molar-refractivity contribution >= 4 is 23.2 Å². The molecule has 1 aliphatic rings. The lowest BCUT2D eigenvalue weighted by Crippen LogP contribution is -2.62. The molecule has 2 N–H and O–H groups in total. The van der Waals surface area contributed by atoms with Gasteiger partial charge in [0.2, 0.25) is 0 Å². The van der Waals surface area contributed by atoms with Gasteiger partial charge in [-0.15, -0.1) is 0 Å². The number of carbonyl (C=O) groups excluding carboxylic acids is 1. The van der Waals surface area contributed by atoms with Gasteiger partial charge < -0.3 is 24.3 Å². The minimum atomic E-state index is -0.774. The average molecular weight is 397 g/mol. The summed E-state index contributed by atoms with van der Waals surface area (Å²) in [6.45, 7) is 8.74. The van der Waals surface area contributed by atoms with Gasteiger partial charge in [-0.2, -0.15) is 0 Å². The van der Waals surface area contributed by atoms with E-state index < -0.39 is 18.2 Å². The topological polar surface area (TPSA) is 78.1 Å². The molecule has 27 heavy (non-hydrogen) atoms. The van der Waals surface area contributed by atoms with Gasteiger partial charge in [0.1, 0.15) is 6.10 Å². The Morgan fingerprint density at radius 1 is 1.26 bits per heavy atom. The van der Waals surface area contributed by atoms with Crippen LogP contribution in [0.3, 0.4) is 0 Å². The van der Waals surface area contributed by atoms with E-state index in [0.717, 1.165) is 0 Å². The van der Waals surface area contributed by atoms with Gasteiger partial charge in [0.25, 0.3) is 5.91 Å². The van der Waals surface area contributed by atoms with Crippen molar-refractivity contribution < 1.29 is 23.7 Å². The largest absolute Gasteiger partial charge is 0.354 e. The van der Waals surface area contributed by atoms with Gasteiger partial charge in [-0.1, -0.05) is 18.2 Å². The molecule has 1 heterocycles. The minimum Gasteiger partial charge on any atom is -0.354 e. The Hall–Kier alpha value is -1.58. The predicted molar refractivity (Wildman–Crippen MR) is 105 cm³/mol. The standard InChI is InChI=1S/C19H28N2O5S/c1-5-23-17(24-6-2)15-14(12-25-19(3,4)26-15)20-18(27)21-16(22)13-10-8-7-9-11-13/h7-11,14-15,17H,5-6,12H2,1-4H3,(H2,20,21,22,27)/t14-,15-/m1/s1. The number of rotatable bonds is 7. The highest BCUT2D eigenvalue weighted by atomic mass is 32.1. The predicted octanol–water partition coefficient (Wildman–Crippen LogP) is 2.21. The quantitative estimate of drug-likeness (QED) is 0.540. The summed E-state index contributed by atoms with van der Waals surface area (Å²) in [6, 6.07) is 8.52. The summed E-state index contributed by atoms with van der Waals surface area (Å²) in [7, 11) is 0. The summed E-state index contributed by atoms with van der Waals surface area (Å²) in [6.07, 6.45) is -1.03. The van der Waals surface area contributed by atoms with Crippen LogP contribution in [0, 0.1) is 0 Å². The smallest absolute Gasteiger partial charge is 0.257 e. The molecule has 7 nitrogen and oxygen atoms in total. The van der Waals surface area contributed by atoms with Gasteiger partial charge in [0, 0.05) is 18.8 Å². The van der Waals surface area contributed by atoms with Gasteiger partial charge >= 0.3 is 0 Å². The zero-order chi connectivity index (χ0) is 19.9. The number of hydrogen-bond acceptors (Lipinski definition) is 6. The van der Waals surface area contributed by atoms with E-state index in [2.05, 4.69) is 10.6 Å². The summed E-state index contributed by atoms with van der Waals surface area (Å²) in [4.78, 5) is 12.3. The number of ether oxygens (including phenoxy) is 4. The second-order valence-corrected chi connectivity index (χ2v) is 6.88. The first kappa shape index (κ1) is 21.7. The number of nitrogens with one attached hydrogen (secondary N) is 2. The first-order chi connectivity index (χ1) is 12.9. The van der Waals surface area contributed by atoms with Crippen LogP contribution in [-0.4, -0.2) is 55.1 Å². The molecule has 0 bridgehead atoms. The molecule has 0 spiro atoms. The monoisotopic (exact) mass is 396 g/mol. The molecule has 2 atom stereocenters. The van der Waals surface area contributed by atoms with Crippen molar-refractivity contribution in [2.75, 3.05) is 19.8 Å². The van der Waals surface area contributed by atoms with Crippen LogP contribution in [-0.2, 0) is 18.9 Å². The maximum absolute atomic E-state index is 12.3. The van der Waals surface area contributed by atoms with Crippen molar-refractivity contribution in [3.05, 3.63) is 35.9 Å². The van der Waals surface area contributed by atoms with E-state index in [1.807, 2.05) is 33.8 Å². The Morgan fingerprint density at radius 2 is 1.89 bits per heavy atom. The van der Waals surface area contributed by atoms with E-state index in [-0.39, 0.29) is 17.1 Å². The summed E-state index contributed by atoms with van der Waals surface area (Å²) in [5, 5.41) is 5.96. The molecule has 1 aromatic carbocycles. The highest BCUT2D eigenvalue weighted by Gasteiger charge is 2.42. The highest BCUT2D eigenvalue weighted by molar-refractivity contribution is 7.80. The van der Waals surface area contributed by atoms with Crippen molar-refractivity contribution in [1.82, 2.24) is 10.6 Å². The van der Waals surface area contributed by atoms with Gasteiger partial charge in [-0.3, -0.25) is 10.1 Å². The van der Waals surface area contributed by atoms with E-state index in [1.165, 1.54) is 0 Å². The van der Waals surface area contributed by atoms with E-state index in [0.29, 0.717) is 25.4 Å². The van der Waals surface area contributed by atoms with Crippen LogP contribution in [0.5, 0.6) is 0 Å². The summed E-state index contributed by atoms with van der Waals surface area (Å²) >= 11 is 5.30. The molecular formula is C19H28N2O5S. The van der Waals surface area contributed by atoms with Crippen LogP contribution >= 0.6 is 12.2 Å². The van der Waals surface area contributed by atoms with Crippen LogP contribution < -0.4 is 10.6 Å². The fourth-order valence-corrected chi connectivity index (χ4v) is 2.98. The molecule has 150 valence electrons. The zero-order valence-electron chi connectivity index (χ0n) is 16.2. The van der Waals surface area contributed by atoms with Crippen LogP contribution in [0.2, 0.25) is 0 Å². The fraction of sp³-hybridized carbons (Fsp3) is 0.579. The van der Waals surface area contributed by atoms with Crippen molar-refractivity contribution in [3.8, 4) is 0 Å². The summed E-state index contributed by atoms with van der Waals surface area (Å²) in [5.41, 5.74) is 0.525. The molecule has 1 aromatic rings. The first-order valence-electron chi connectivity index (χ1n) is 9.08. The number of amides is 1. The number of benzene rings is 1. The third kappa shape index (κ3) is 6.51. The highest BCUT2D eigenvalue weighted by Crippen LogP contribution is 2.26. The normalized spacial score (nSPS) is 21.7. The maximum Gasteiger partial charge on any atom is 0.257 e. The average Bonchev–Trinajstić information content (AvgIpc) is 2.63. The Kier molecular flexibility index (Phi) is 8.12. The van der Waals surface area contributed by atoms with Gasteiger partial charge in [-0.25, -0.2) is 0 Å². The van der Waals surface area contributed by atoms with E-state index >= 15 is 0 Å². The van der Waals surface area contributed by atoms with Crippen molar-refractivity contribution in [2.45, 2.75) is 51.9 Å². The second-order valence-electron chi connectivity index (χ2n) is 6.47.